The molecule has 3 N–H and O–H groups in total. The number of nitrogens with one attached hydrogen (secondary N) is 3. The molecule has 2 aromatic carbocycles. The molecule has 0 aromatic heterocycles. The number of rotatable bonds is 7. The van der Waals surface area contributed by atoms with Crippen LogP contribution in [0.2, 0.25) is 0 Å². The van der Waals surface area contributed by atoms with Crippen LogP contribution in [0.4, 0.5) is 5.69 Å². The Kier molecular flexibility index (Phi) is 6.33. The highest BCUT2D eigenvalue weighted by Gasteiger charge is 2.21. The van der Waals surface area contributed by atoms with E-state index in [9.17, 15) is 9.59 Å². The lowest BCUT2D eigenvalue weighted by molar-refractivity contribution is -0.120. The Morgan fingerprint density at radius 1 is 1.08 bits per heavy atom. The zero-order chi connectivity index (χ0) is 17.4. The van der Waals surface area contributed by atoms with Crippen molar-refractivity contribution in [1.82, 2.24) is 10.6 Å². The molecular formula is C18H21N3O3. The van der Waals surface area contributed by atoms with Crippen molar-refractivity contribution in [3.63, 3.8) is 0 Å². The Balaban J connectivity index is 2.15. The van der Waals surface area contributed by atoms with Crippen molar-refractivity contribution in [3.05, 3.63) is 60.2 Å². The number of ether oxygens (including phenoxy) is 1. The van der Waals surface area contributed by atoms with Gasteiger partial charge in [0, 0.05) is 18.8 Å². The standard InChI is InChI=1S/C18H21N3O3/c1-19-16(22)12-20-17(13-7-4-3-5-8-13)18(23)21-14-9-6-10-15(11-14)24-2/h3-11,17,20H,12H2,1-2H3,(H,19,22)(H,21,23)/t17-/m1/s1. The number of hydrogen-bond acceptors (Lipinski definition) is 4. The highest BCUT2D eigenvalue weighted by atomic mass is 16.5. The fraction of sp³-hybridized carbons (Fsp3) is 0.222. The maximum Gasteiger partial charge on any atom is 0.246 e. The van der Waals surface area contributed by atoms with Crippen molar-refractivity contribution in [2.45, 2.75) is 6.04 Å². The monoisotopic (exact) mass is 327 g/mol. The predicted octanol–water partition coefficient (Wildman–Crippen LogP) is 1.71. The third-order valence-corrected chi connectivity index (χ3v) is 3.48. The van der Waals surface area contributed by atoms with E-state index in [1.54, 1.807) is 38.4 Å². The van der Waals surface area contributed by atoms with Gasteiger partial charge in [-0.05, 0) is 17.7 Å². The lowest BCUT2D eigenvalue weighted by Crippen LogP contribution is -2.39. The van der Waals surface area contributed by atoms with Gasteiger partial charge in [0.25, 0.3) is 0 Å². The molecule has 0 spiro atoms. The van der Waals surface area contributed by atoms with Gasteiger partial charge in [0.15, 0.2) is 0 Å². The zero-order valence-electron chi connectivity index (χ0n) is 13.7. The van der Waals surface area contributed by atoms with Crippen molar-refractivity contribution in [1.29, 1.82) is 0 Å². The van der Waals surface area contributed by atoms with E-state index >= 15 is 0 Å². The van der Waals surface area contributed by atoms with Gasteiger partial charge in [0.1, 0.15) is 11.8 Å². The number of carbonyl (C=O) groups is 2. The summed E-state index contributed by atoms with van der Waals surface area (Å²) in [6, 6.07) is 15.7. The first-order chi connectivity index (χ1) is 11.6. The molecular weight excluding hydrogens is 306 g/mol. The summed E-state index contributed by atoms with van der Waals surface area (Å²) < 4.78 is 5.16. The Morgan fingerprint density at radius 2 is 1.83 bits per heavy atom. The lowest BCUT2D eigenvalue weighted by atomic mass is 10.1. The summed E-state index contributed by atoms with van der Waals surface area (Å²) in [4.78, 5) is 24.2. The second-order valence-corrected chi connectivity index (χ2v) is 5.12. The van der Waals surface area contributed by atoms with Gasteiger partial charge < -0.3 is 15.4 Å². The van der Waals surface area contributed by atoms with Gasteiger partial charge in [-0.1, -0.05) is 36.4 Å². The molecule has 24 heavy (non-hydrogen) atoms. The lowest BCUT2D eigenvalue weighted by Gasteiger charge is -2.18. The van der Waals surface area contributed by atoms with Crippen LogP contribution in [0.5, 0.6) is 5.75 Å². The van der Waals surface area contributed by atoms with Gasteiger partial charge in [0.05, 0.1) is 13.7 Å². The minimum atomic E-state index is -0.644. The predicted molar refractivity (Wildman–Crippen MR) is 92.9 cm³/mol. The van der Waals surface area contributed by atoms with Gasteiger partial charge in [-0.15, -0.1) is 0 Å². The quantitative estimate of drug-likeness (QED) is 0.723. The largest absolute Gasteiger partial charge is 0.497 e. The first-order valence-corrected chi connectivity index (χ1v) is 7.58. The second-order valence-electron chi connectivity index (χ2n) is 5.12. The molecule has 2 aromatic rings. The number of hydrogen-bond donors (Lipinski definition) is 3. The van der Waals surface area contributed by atoms with E-state index < -0.39 is 6.04 Å². The van der Waals surface area contributed by atoms with Crippen LogP contribution in [0.1, 0.15) is 11.6 Å². The smallest absolute Gasteiger partial charge is 0.246 e. The molecule has 0 bridgehead atoms. The molecule has 126 valence electrons. The van der Waals surface area contributed by atoms with E-state index in [1.807, 2.05) is 30.3 Å². The fourth-order valence-electron chi connectivity index (χ4n) is 2.21. The Hall–Kier alpha value is -2.86. The maximum absolute atomic E-state index is 12.7. The fourth-order valence-corrected chi connectivity index (χ4v) is 2.21. The maximum atomic E-state index is 12.7. The molecule has 6 heteroatoms. The van der Waals surface area contributed by atoms with Gasteiger partial charge in [-0.25, -0.2) is 0 Å². The Bertz CT molecular complexity index is 689. The summed E-state index contributed by atoms with van der Waals surface area (Å²) in [6.07, 6.45) is 0. The summed E-state index contributed by atoms with van der Waals surface area (Å²) in [5, 5.41) is 8.35. The average molecular weight is 327 g/mol. The van der Waals surface area contributed by atoms with Crippen molar-refractivity contribution in [2.24, 2.45) is 0 Å². The van der Waals surface area contributed by atoms with E-state index in [0.29, 0.717) is 11.4 Å². The molecule has 0 unspecified atom stereocenters. The molecule has 0 saturated heterocycles. The van der Waals surface area contributed by atoms with Crippen LogP contribution in [0, 0.1) is 0 Å². The first kappa shape index (κ1) is 17.5. The number of methoxy groups -OCH3 is 1. The van der Waals surface area contributed by atoms with Crippen molar-refractivity contribution in [2.75, 3.05) is 26.0 Å². The SMILES string of the molecule is CNC(=O)CN[C@@H](C(=O)Nc1cccc(OC)c1)c1ccccc1. The Morgan fingerprint density at radius 3 is 2.50 bits per heavy atom. The zero-order valence-corrected chi connectivity index (χ0v) is 13.7. The second kappa shape index (κ2) is 8.69. The van der Waals surface area contributed by atoms with E-state index in [0.717, 1.165) is 5.56 Å². The average Bonchev–Trinajstić information content (AvgIpc) is 2.62. The Labute approximate surface area is 141 Å². The summed E-state index contributed by atoms with van der Waals surface area (Å²) in [5.41, 5.74) is 1.41. The van der Waals surface area contributed by atoms with Crippen LogP contribution in [0.25, 0.3) is 0 Å². The van der Waals surface area contributed by atoms with Crippen molar-refractivity contribution in [3.8, 4) is 5.75 Å². The van der Waals surface area contributed by atoms with Crippen LogP contribution in [0.15, 0.2) is 54.6 Å². The summed E-state index contributed by atoms with van der Waals surface area (Å²) in [7, 11) is 3.12. The summed E-state index contributed by atoms with van der Waals surface area (Å²) in [6.45, 7) is 0.0432. The third kappa shape index (κ3) is 4.82. The number of benzene rings is 2. The normalized spacial score (nSPS) is 11.4. The van der Waals surface area contributed by atoms with Crippen LogP contribution in [-0.2, 0) is 9.59 Å². The summed E-state index contributed by atoms with van der Waals surface area (Å²) in [5.74, 6) is 0.214. The van der Waals surface area contributed by atoms with Crippen LogP contribution >= 0.6 is 0 Å². The number of carbonyl (C=O) groups excluding carboxylic acids is 2. The molecule has 0 aliphatic rings. The van der Waals surface area contributed by atoms with E-state index in [2.05, 4.69) is 16.0 Å². The molecule has 0 fully saturated rings. The number of anilines is 1. The topological polar surface area (TPSA) is 79.5 Å². The van der Waals surface area contributed by atoms with Gasteiger partial charge in [-0.2, -0.15) is 0 Å². The van der Waals surface area contributed by atoms with Gasteiger partial charge >= 0.3 is 0 Å². The number of likely N-dealkylation sites (N-methyl/N-ethyl adjacent to an activating group) is 1. The van der Waals surface area contributed by atoms with E-state index in [4.69, 9.17) is 4.74 Å². The first-order valence-electron chi connectivity index (χ1n) is 7.58. The van der Waals surface area contributed by atoms with Crippen LogP contribution in [-0.4, -0.2) is 32.5 Å². The molecule has 6 nitrogen and oxygen atoms in total. The third-order valence-electron chi connectivity index (χ3n) is 3.48. The van der Waals surface area contributed by atoms with Gasteiger partial charge in [0.2, 0.25) is 11.8 Å². The molecule has 2 amide bonds. The van der Waals surface area contributed by atoms with E-state index in [-0.39, 0.29) is 18.4 Å². The minimum Gasteiger partial charge on any atom is -0.497 e. The van der Waals surface area contributed by atoms with E-state index in [1.165, 1.54) is 0 Å². The molecule has 0 saturated carbocycles. The molecule has 0 radical (unpaired) electrons. The van der Waals surface area contributed by atoms with Gasteiger partial charge in [-0.3, -0.25) is 14.9 Å². The molecule has 0 heterocycles. The number of amides is 2. The molecule has 2 rings (SSSR count). The molecule has 0 aliphatic heterocycles. The minimum absolute atomic E-state index is 0.0432. The molecule has 1 atom stereocenters. The molecule has 0 aliphatic carbocycles. The van der Waals surface area contributed by atoms with Crippen molar-refractivity contribution < 1.29 is 14.3 Å². The van der Waals surface area contributed by atoms with Crippen LogP contribution in [0.3, 0.4) is 0 Å². The van der Waals surface area contributed by atoms with Crippen LogP contribution < -0.4 is 20.7 Å². The highest BCUT2D eigenvalue weighted by Crippen LogP contribution is 2.19. The summed E-state index contributed by atoms with van der Waals surface area (Å²) >= 11 is 0. The highest BCUT2D eigenvalue weighted by molar-refractivity contribution is 5.96. The van der Waals surface area contributed by atoms with Crippen molar-refractivity contribution >= 4 is 17.5 Å².